The molecule has 1 N–H and O–H groups in total. The second kappa shape index (κ2) is 8.21. The molecule has 0 atom stereocenters. The van der Waals surface area contributed by atoms with E-state index in [0.717, 1.165) is 11.4 Å². The lowest BCUT2D eigenvalue weighted by molar-refractivity contribution is 0.0468. The van der Waals surface area contributed by atoms with Crippen LogP contribution < -0.4 is 0 Å². The number of aryl methyl sites for hydroxylation is 2. The fourth-order valence-electron chi connectivity index (χ4n) is 3.65. The number of carbonyl (C=O) groups excluding carboxylic acids is 3. The lowest BCUT2D eigenvalue weighted by Gasteiger charge is -2.08. The second-order valence-corrected chi connectivity index (χ2v) is 8.16. The topological polar surface area (TPSA) is 81.2 Å². The minimum atomic E-state index is -0.640. The number of ether oxygens (including phenoxy) is 1. The molecule has 0 bridgehead atoms. The number of aromatic amines is 1. The van der Waals surface area contributed by atoms with Crippen molar-refractivity contribution < 1.29 is 19.1 Å². The molecule has 0 spiro atoms. The Morgan fingerprint density at radius 3 is 2.48 bits per heavy atom. The summed E-state index contributed by atoms with van der Waals surface area (Å²) in [5, 5.41) is 2.02. The first-order chi connectivity index (χ1) is 13.7. The summed E-state index contributed by atoms with van der Waals surface area (Å²) >= 11 is 1.67. The first kappa shape index (κ1) is 20.8. The summed E-state index contributed by atoms with van der Waals surface area (Å²) in [7, 11) is 0. The van der Waals surface area contributed by atoms with E-state index in [9.17, 15) is 14.4 Å². The highest BCUT2D eigenvalue weighted by molar-refractivity contribution is 7.09. The lowest BCUT2D eigenvalue weighted by atomic mass is 10.1. The number of carbonyl (C=O) groups is 3. The molecule has 6 nitrogen and oxygen atoms in total. The maximum atomic E-state index is 12.7. The van der Waals surface area contributed by atoms with E-state index in [4.69, 9.17) is 4.74 Å². The molecule has 0 amide bonds. The van der Waals surface area contributed by atoms with Crippen molar-refractivity contribution in [2.45, 2.75) is 41.2 Å². The van der Waals surface area contributed by atoms with Gasteiger partial charge in [-0.15, -0.1) is 11.3 Å². The van der Waals surface area contributed by atoms with Gasteiger partial charge < -0.3 is 14.3 Å². The molecule has 0 saturated heterocycles. The minimum absolute atomic E-state index is 0.121. The number of thiophene rings is 1. The zero-order valence-electron chi connectivity index (χ0n) is 17.2. The van der Waals surface area contributed by atoms with Gasteiger partial charge in [-0.05, 0) is 57.7 Å². The highest BCUT2D eigenvalue weighted by Crippen LogP contribution is 2.21. The van der Waals surface area contributed by atoms with E-state index in [1.807, 2.05) is 31.4 Å². The average molecular weight is 413 g/mol. The summed E-state index contributed by atoms with van der Waals surface area (Å²) < 4.78 is 7.33. The largest absolute Gasteiger partial charge is 0.453 e. The third-order valence-corrected chi connectivity index (χ3v) is 5.96. The van der Waals surface area contributed by atoms with Gasteiger partial charge in [0.15, 0.2) is 12.4 Å². The van der Waals surface area contributed by atoms with E-state index in [0.29, 0.717) is 28.9 Å². The molecule has 0 aromatic carbocycles. The van der Waals surface area contributed by atoms with Gasteiger partial charge in [0, 0.05) is 33.1 Å². The maximum absolute atomic E-state index is 12.7. The van der Waals surface area contributed by atoms with Gasteiger partial charge in [0.05, 0.1) is 6.54 Å². The van der Waals surface area contributed by atoms with E-state index >= 15 is 0 Å². The average Bonchev–Trinajstić information content (AvgIpc) is 3.34. The SMILES string of the molecule is CC(=O)c1c(C)[nH]c(C(=O)OCC(=O)c2cc(C)n(Cc3cccs3)c2C)c1C. The van der Waals surface area contributed by atoms with Gasteiger partial charge in [0.2, 0.25) is 5.78 Å². The fraction of sp³-hybridized carbons (Fsp3) is 0.318. The number of Topliss-reactive ketones (excluding diaryl/α,β-unsaturated/α-hetero) is 2. The second-order valence-electron chi connectivity index (χ2n) is 7.13. The van der Waals surface area contributed by atoms with Crippen LogP contribution in [0.5, 0.6) is 0 Å². The zero-order valence-corrected chi connectivity index (χ0v) is 18.0. The standard InChI is InChI=1S/C22H24N2O4S/c1-12-9-18(15(4)24(12)10-17-7-6-8-29-17)19(26)11-28-22(27)21-13(2)20(16(5)25)14(3)23-21/h6-9,23H,10-11H2,1-5H3. The molecule has 3 heterocycles. The van der Waals surface area contributed by atoms with Crippen LogP contribution >= 0.6 is 11.3 Å². The molecule has 3 rings (SSSR count). The van der Waals surface area contributed by atoms with Crippen molar-refractivity contribution in [1.82, 2.24) is 9.55 Å². The number of aromatic nitrogens is 2. The van der Waals surface area contributed by atoms with Gasteiger partial charge >= 0.3 is 5.97 Å². The van der Waals surface area contributed by atoms with Crippen molar-refractivity contribution in [3.63, 3.8) is 0 Å². The molecule has 0 unspecified atom stereocenters. The summed E-state index contributed by atoms with van der Waals surface area (Å²) in [6.45, 7) is 9.08. The molecule has 0 radical (unpaired) electrons. The Balaban J connectivity index is 1.72. The predicted molar refractivity (Wildman–Crippen MR) is 112 cm³/mol. The van der Waals surface area contributed by atoms with Crippen molar-refractivity contribution >= 4 is 28.9 Å². The van der Waals surface area contributed by atoms with E-state index in [2.05, 4.69) is 15.6 Å². The lowest BCUT2D eigenvalue weighted by Crippen LogP contribution is -2.16. The zero-order chi connectivity index (χ0) is 21.3. The maximum Gasteiger partial charge on any atom is 0.355 e. The normalized spacial score (nSPS) is 10.9. The fourth-order valence-corrected chi connectivity index (χ4v) is 4.34. The van der Waals surface area contributed by atoms with Gasteiger partial charge in [-0.3, -0.25) is 9.59 Å². The molecule has 3 aromatic heterocycles. The monoisotopic (exact) mass is 412 g/mol. The van der Waals surface area contributed by atoms with Crippen LogP contribution in [-0.4, -0.2) is 33.7 Å². The van der Waals surface area contributed by atoms with Crippen LogP contribution in [0.2, 0.25) is 0 Å². The molecule has 0 saturated carbocycles. The molecule has 0 aliphatic rings. The highest BCUT2D eigenvalue weighted by Gasteiger charge is 2.23. The van der Waals surface area contributed by atoms with Crippen LogP contribution in [-0.2, 0) is 11.3 Å². The van der Waals surface area contributed by atoms with E-state index in [-0.39, 0.29) is 23.9 Å². The Bertz CT molecular complexity index is 1090. The van der Waals surface area contributed by atoms with Crippen LogP contribution in [0.15, 0.2) is 23.6 Å². The number of nitrogens with one attached hydrogen (secondary N) is 1. The van der Waals surface area contributed by atoms with Crippen LogP contribution in [0.1, 0.15) is 65.7 Å². The van der Waals surface area contributed by atoms with Crippen LogP contribution in [0.3, 0.4) is 0 Å². The number of esters is 1. The smallest absolute Gasteiger partial charge is 0.355 e. The predicted octanol–water partition coefficient (Wildman–Crippen LogP) is 4.40. The van der Waals surface area contributed by atoms with E-state index < -0.39 is 5.97 Å². The number of nitrogens with zero attached hydrogens (tertiary/aromatic N) is 1. The number of hydrogen-bond acceptors (Lipinski definition) is 5. The van der Waals surface area contributed by atoms with Gasteiger partial charge in [0.25, 0.3) is 0 Å². The third kappa shape index (κ3) is 4.10. The summed E-state index contributed by atoms with van der Waals surface area (Å²) in [5.74, 6) is -1.01. The first-order valence-corrected chi connectivity index (χ1v) is 10.2. The number of ketones is 2. The molecule has 29 heavy (non-hydrogen) atoms. The molecule has 7 heteroatoms. The molecule has 152 valence electrons. The summed E-state index contributed by atoms with van der Waals surface area (Å²) in [5.41, 5.74) is 4.24. The number of H-pyrrole nitrogens is 1. The highest BCUT2D eigenvalue weighted by atomic mass is 32.1. The van der Waals surface area contributed by atoms with Crippen molar-refractivity contribution in [2.75, 3.05) is 6.61 Å². The Morgan fingerprint density at radius 1 is 1.17 bits per heavy atom. The number of hydrogen-bond donors (Lipinski definition) is 1. The summed E-state index contributed by atoms with van der Waals surface area (Å²) in [4.78, 5) is 41.0. The number of rotatable bonds is 7. The van der Waals surface area contributed by atoms with Crippen molar-refractivity contribution in [1.29, 1.82) is 0 Å². The van der Waals surface area contributed by atoms with Crippen LogP contribution in [0, 0.1) is 27.7 Å². The van der Waals surface area contributed by atoms with Crippen LogP contribution in [0.25, 0.3) is 0 Å². The molecule has 0 aliphatic carbocycles. The molecule has 3 aromatic rings. The molecular weight excluding hydrogens is 388 g/mol. The Labute approximate surface area is 173 Å². The van der Waals surface area contributed by atoms with Crippen LogP contribution in [0.4, 0.5) is 0 Å². The summed E-state index contributed by atoms with van der Waals surface area (Å²) in [6.07, 6.45) is 0. The van der Waals surface area contributed by atoms with Gasteiger partial charge in [0.1, 0.15) is 5.69 Å². The van der Waals surface area contributed by atoms with Crippen molar-refractivity contribution in [3.8, 4) is 0 Å². The van der Waals surface area contributed by atoms with Crippen molar-refractivity contribution in [2.24, 2.45) is 0 Å². The van der Waals surface area contributed by atoms with E-state index in [1.165, 1.54) is 11.8 Å². The summed E-state index contributed by atoms with van der Waals surface area (Å²) in [6, 6.07) is 5.89. The minimum Gasteiger partial charge on any atom is -0.453 e. The van der Waals surface area contributed by atoms with Gasteiger partial charge in [-0.25, -0.2) is 4.79 Å². The first-order valence-electron chi connectivity index (χ1n) is 9.30. The van der Waals surface area contributed by atoms with Crippen molar-refractivity contribution in [3.05, 3.63) is 67.9 Å². The van der Waals surface area contributed by atoms with Gasteiger partial charge in [-0.1, -0.05) is 6.07 Å². The third-order valence-electron chi connectivity index (χ3n) is 5.10. The van der Waals surface area contributed by atoms with Gasteiger partial charge in [-0.2, -0.15) is 0 Å². The Kier molecular flexibility index (Phi) is 5.88. The molecule has 0 aliphatic heterocycles. The van der Waals surface area contributed by atoms with E-state index in [1.54, 1.807) is 25.2 Å². The Hall–Kier alpha value is -2.93. The molecule has 0 fully saturated rings. The quantitative estimate of drug-likeness (QED) is 0.461. The Morgan fingerprint density at radius 2 is 1.90 bits per heavy atom. The molecular formula is C22H24N2O4S.